The molecule has 5 rings (SSSR count). The van der Waals surface area contributed by atoms with Crippen molar-refractivity contribution in [2.24, 2.45) is 11.6 Å². The first-order valence-corrected chi connectivity index (χ1v) is 14.2. The lowest BCUT2D eigenvalue weighted by atomic mass is 9.92. The van der Waals surface area contributed by atoms with Gasteiger partial charge in [-0.3, -0.25) is 14.6 Å². The lowest BCUT2D eigenvalue weighted by Gasteiger charge is -2.46. The Morgan fingerprint density at radius 3 is 2.73 bits per heavy atom. The molecule has 0 saturated carbocycles. The number of likely N-dealkylation sites (tertiary alicyclic amines) is 2. The van der Waals surface area contributed by atoms with Crippen molar-refractivity contribution in [1.82, 2.24) is 24.9 Å². The van der Waals surface area contributed by atoms with Gasteiger partial charge < -0.3 is 30.4 Å². The number of nitrogens with two attached hydrogens (primary N) is 2. The number of halogens is 1. The fourth-order valence-electron chi connectivity index (χ4n) is 5.60. The molecule has 3 aromatic rings. The molecule has 2 aliphatic heterocycles. The first-order chi connectivity index (χ1) is 21.1. The largest absolute Gasteiger partial charge is 0.475 e. The average Bonchev–Trinajstić information content (AvgIpc) is 3.47. The quantitative estimate of drug-likeness (QED) is 0.118. The Morgan fingerprint density at radius 1 is 1.39 bits per heavy atom. The summed E-state index contributed by atoms with van der Waals surface area (Å²) in [4.78, 5) is 31.6. The summed E-state index contributed by atoms with van der Waals surface area (Å²) in [5.74, 6) is 5.82. The molecule has 0 spiro atoms. The predicted molar refractivity (Wildman–Crippen MR) is 156 cm³/mol. The van der Waals surface area contributed by atoms with Crippen LogP contribution in [0.15, 0.2) is 61.2 Å². The van der Waals surface area contributed by atoms with Gasteiger partial charge in [0.25, 0.3) is 11.4 Å². The van der Waals surface area contributed by atoms with Crippen LogP contribution in [-0.2, 0) is 9.59 Å². The van der Waals surface area contributed by atoms with Crippen LogP contribution in [0.25, 0.3) is 11.2 Å². The molecule has 3 aromatic heterocycles. The molecule has 44 heavy (non-hydrogen) atoms. The highest BCUT2D eigenvalue weighted by atomic mass is 19.1. The molecule has 6 N–H and O–H groups in total. The van der Waals surface area contributed by atoms with E-state index in [4.69, 9.17) is 16.3 Å². The molecule has 2 fully saturated rings. The van der Waals surface area contributed by atoms with Crippen LogP contribution in [0.2, 0.25) is 0 Å². The first-order valence-electron chi connectivity index (χ1n) is 14.2. The number of carbonyl (C=O) groups excluding carboxylic acids is 2. The molecule has 13 nitrogen and oxygen atoms in total. The number of rotatable bonds is 9. The number of hydrogen-bond acceptors (Lipinski definition) is 9. The number of H-pyrrole nitrogens is 1. The fourth-order valence-corrected chi connectivity index (χ4v) is 5.60. The Hall–Kier alpha value is -5.00. The number of aromatic amines is 1. The number of pyridine rings is 2. The summed E-state index contributed by atoms with van der Waals surface area (Å²) in [6, 6.07) is 8.93. The monoisotopic (exact) mass is 604 g/mol. The second-order valence-corrected chi connectivity index (χ2v) is 10.9. The van der Waals surface area contributed by atoms with E-state index in [2.05, 4.69) is 22.7 Å². The minimum absolute atomic E-state index is 0.167. The van der Waals surface area contributed by atoms with Gasteiger partial charge in [0.05, 0.1) is 48.5 Å². The average molecular weight is 605 g/mol. The topological polar surface area (TPSA) is 182 Å². The highest BCUT2D eigenvalue weighted by molar-refractivity contribution is 5.93. The minimum Gasteiger partial charge on any atom is -0.475 e. The van der Waals surface area contributed by atoms with Gasteiger partial charge in [0.15, 0.2) is 17.4 Å². The Labute approximate surface area is 253 Å². The van der Waals surface area contributed by atoms with Crippen LogP contribution in [0.4, 0.5) is 4.39 Å². The number of ether oxygens (including phenoxy) is 1. The van der Waals surface area contributed by atoms with E-state index in [1.165, 1.54) is 16.0 Å². The van der Waals surface area contributed by atoms with Crippen LogP contribution < -0.4 is 20.8 Å². The fraction of sp³-hybridized carbons (Fsp3) is 0.367. The smallest absolute Gasteiger partial charge is 0.296 e. The lowest BCUT2D eigenvalue weighted by Crippen LogP contribution is -2.68. The Kier molecular flexibility index (Phi) is 8.52. The SMILES string of the molecule is C=CC(=O)N1CC(F)(C(=O)N2CCC(N(N)/C(C)=C(\N)c3cc(O[C@@H](CO)c4ccccn4)c4c(C#N)c[nH][n+]4c3)CC2)C1. The Morgan fingerprint density at radius 2 is 2.11 bits per heavy atom. The highest BCUT2D eigenvalue weighted by Gasteiger charge is 2.53. The van der Waals surface area contributed by atoms with Gasteiger partial charge in [-0.25, -0.2) is 10.2 Å². The normalized spacial score (nSPS) is 17.7. The zero-order valence-electron chi connectivity index (χ0n) is 24.3. The zero-order chi connectivity index (χ0) is 31.6. The third-order valence-electron chi connectivity index (χ3n) is 8.19. The Balaban J connectivity index is 1.33. The van der Waals surface area contributed by atoms with E-state index in [0.717, 1.165) is 6.08 Å². The number of hydrazine groups is 1. The summed E-state index contributed by atoms with van der Waals surface area (Å²) in [6.45, 7) is 4.88. The van der Waals surface area contributed by atoms with E-state index < -0.39 is 23.6 Å². The van der Waals surface area contributed by atoms with Gasteiger partial charge in [-0.2, -0.15) is 10.4 Å². The molecule has 2 amide bonds. The molecular weight excluding hydrogens is 569 g/mol. The number of piperidine rings is 1. The number of carbonyl (C=O) groups is 2. The number of alkyl halides is 1. The number of aromatic nitrogens is 3. The third-order valence-corrected chi connectivity index (χ3v) is 8.19. The molecule has 14 heteroatoms. The summed E-state index contributed by atoms with van der Waals surface area (Å²) >= 11 is 0. The van der Waals surface area contributed by atoms with Crippen molar-refractivity contribution in [3.63, 3.8) is 0 Å². The van der Waals surface area contributed by atoms with E-state index in [9.17, 15) is 20.0 Å². The van der Waals surface area contributed by atoms with Gasteiger partial charge in [0.1, 0.15) is 6.07 Å². The standard InChI is InChI=1S/C30H34FN9O4/c1-3-26(42)38-17-30(31,18-38)29(43)37-10-7-22(8-11-37)40(34)19(2)27(33)20-12-24(28-21(13-32)14-36-39(28)15-20)44-25(16-41)23-6-4-5-9-35-23/h3-6,9,12,14-15,22,25,41H,1,7-8,10-11,16-18,33-34H2,2H3/p+1/b27-19-/t25-/m0/s1. The van der Waals surface area contributed by atoms with Crippen molar-refractivity contribution in [3.8, 4) is 11.8 Å². The summed E-state index contributed by atoms with van der Waals surface area (Å²) in [5, 5.41) is 24.3. The number of hydrogen-bond donors (Lipinski definition) is 4. The van der Waals surface area contributed by atoms with Crippen LogP contribution >= 0.6 is 0 Å². The van der Waals surface area contributed by atoms with Crippen molar-refractivity contribution >= 4 is 23.0 Å². The first kappa shape index (κ1) is 30.5. The molecular formula is C30H35FN9O4+. The zero-order valence-corrected chi connectivity index (χ0v) is 24.3. The maximum Gasteiger partial charge on any atom is 0.296 e. The van der Waals surface area contributed by atoms with Crippen molar-refractivity contribution in [3.05, 3.63) is 78.0 Å². The second kappa shape index (κ2) is 12.3. The number of allylic oxidation sites excluding steroid dienone is 1. The van der Waals surface area contributed by atoms with Crippen LogP contribution in [-0.4, -0.2) is 86.3 Å². The lowest BCUT2D eigenvalue weighted by molar-refractivity contribution is -0.577. The molecule has 0 radical (unpaired) electrons. The summed E-state index contributed by atoms with van der Waals surface area (Å²) in [7, 11) is 0. The second-order valence-electron chi connectivity index (χ2n) is 10.9. The Bertz CT molecular complexity index is 1640. The summed E-state index contributed by atoms with van der Waals surface area (Å²) in [6.07, 6.45) is 6.14. The number of fused-ring (bicyclic) bond motifs is 1. The van der Waals surface area contributed by atoms with Gasteiger partial charge in [-0.05, 0) is 38.0 Å². The molecule has 5 heterocycles. The summed E-state index contributed by atoms with van der Waals surface area (Å²) in [5.41, 5.74) is 7.32. The van der Waals surface area contributed by atoms with E-state index in [-0.39, 0.29) is 25.7 Å². The van der Waals surface area contributed by atoms with Crippen LogP contribution in [0.1, 0.15) is 42.7 Å². The van der Waals surface area contributed by atoms with Crippen LogP contribution in [0, 0.1) is 11.3 Å². The minimum atomic E-state index is -2.08. The number of nitrogens with one attached hydrogen (secondary N) is 1. The van der Waals surface area contributed by atoms with E-state index in [1.54, 1.807) is 53.1 Å². The number of nitriles is 1. The van der Waals surface area contributed by atoms with E-state index in [1.807, 2.05) is 0 Å². The maximum atomic E-state index is 15.1. The van der Waals surface area contributed by atoms with Crippen molar-refractivity contribution < 1.29 is 28.3 Å². The molecule has 0 aromatic carbocycles. The number of amides is 2. The number of aliphatic hydroxyl groups is 1. The van der Waals surface area contributed by atoms with Crippen molar-refractivity contribution in [2.75, 3.05) is 32.8 Å². The highest BCUT2D eigenvalue weighted by Crippen LogP contribution is 2.32. The molecule has 0 bridgehead atoms. The van der Waals surface area contributed by atoms with Crippen molar-refractivity contribution in [2.45, 2.75) is 37.6 Å². The molecule has 2 aliphatic rings. The third kappa shape index (κ3) is 5.67. The van der Waals surface area contributed by atoms with Gasteiger partial charge in [-0.15, -0.1) is 0 Å². The molecule has 2 saturated heterocycles. The molecule has 1 atom stereocenters. The summed E-state index contributed by atoms with van der Waals surface area (Å²) < 4.78 is 22.9. The van der Waals surface area contributed by atoms with Gasteiger partial charge in [0.2, 0.25) is 17.8 Å². The van der Waals surface area contributed by atoms with Crippen LogP contribution in [0.5, 0.6) is 5.75 Å². The van der Waals surface area contributed by atoms with Gasteiger partial charge in [0, 0.05) is 31.4 Å². The van der Waals surface area contributed by atoms with E-state index in [0.29, 0.717) is 65.4 Å². The van der Waals surface area contributed by atoms with E-state index >= 15 is 4.39 Å². The number of aliphatic hydroxyl groups excluding tert-OH is 1. The van der Waals surface area contributed by atoms with Gasteiger partial charge in [-0.1, -0.05) is 17.2 Å². The number of nitrogens with zero attached hydrogens (tertiary/aromatic N) is 6. The van der Waals surface area contributed by atoms with Crippen LogP contribution in [0.3, 0.4) is 0 Å². The van der Waals surface area contributed by atoms with Gasteiger partial charge >= 0.3 is 0 Å². The molecule has 0 aliphatic carbocycles. The molecule has 230 valence electrons. The maximum absolute atomic E-state index is 15.1. The predicted octanol–water partition coefficient (Wildman–Crippen LogP) is 0.683. The van der Waals surface area contributed by atoms with Crippen molar-refractivity contribution in [1.29, 1.82) is 5.26 Å². The molecule has 0 unspecified atom stereocenters.